The number of fused-ring (bicyclic) bond motifs is 3. The zero-order valence-corrected chi connectivity index (χ0v) is 59.3. The fraction of sp³-hybridized carbons (Fsp3) is 0.351. The minimum Gasteiger partial charge on any atom is -0.326 e. The number of aromatic nitrogens is 6. The fourth-order valence-corrected chi connectivity index (χ4v) is 15.1. The van der Waals surface area contributed by atoms with Crippen LogP contribution >= 0.6 is 0 Å². The Morgan fingerprint density at radius 3 is 1.01 bits per heavy atom. The maximum atomic E-state index is 12.5. The number of nitrogens with zero attached hydrogens (tertiary/aromatic N) is 9. The van der Waals surface area contributed by atoms with Crippen LogP contribution < -0.4 is 44.8 Å². The van der Waals surface area contributed by atoms with Gasteiger partial charge in [-0.05, 0) is 229 Å². The fourth-order valence-electron chi connectivity index (χ4n) is 11.9. The predicted molar refractivity (Wildman–Crippen MR) is 392 cm³/mol. The van der Waals surface area contributed by atoms with E-state index in [0.717, 1.165) is 118 Å². The quantitative estimate of drug-likeness (QED) is 0.0348. The summed E-state index contributed by atoms with van der Waals surface area (Å²) in [6.45, 7) is 18.7. The van der Waals surface area contributed by atoms with E-state index in [1.807, 2.05) is 18.2 Å². The molecule has 3 aliphatic heterocycles. The number of sulfonamides is 3. The highest BCUT2D eigenvalue weighted by atomic mass is 32.2. The smallest absolute Gasteiger partial charge is 0.240 e. The van der Waals surface area contributed by atoms with Crippen LogP contribution in [0, 0.1) is 38.5 Å². The summed E-state index contributed by atoms with van der Waals surface area (Å²) in [5.74, 6) is 5.31. The largest absolute Gasteiger partial charge is 0.326 e. The van der Waals surface area contributed by atoms with Crippen molar-refractivity contribution in [3.05, 3.63) is 198 Å². The summed E-state index contributed by atoms with van der Waals surface area (Å²) in [6, 6.07) is 45.3. The van der Waals surface area contributed by atoms with Gasteiger partial charge in [0.25, 0.3) is 0 Å². The molecule has 1 aliphatic carbocycles. The van der Waals surface area contributed by atoms with Crippen molar-refractivity contribution in [1.29, 1.82) is 0 Å². The second kappa shape index (κ2) is 31.7. The third kappa shape index (κ3) is 18.8. The van der Waals surface area contributed by atoms with Gasteiger partial charge < -0.3 is 30.7 Å². The zero-order valence-electron chi connectivity index (χ0n) is 56.8. The Kier molecular flexibility index (Phi) is 22.8. The van der Waals surface area contributed by atoms with Crippen molar-refractivity contribution in [3.63, 3.8) is 0 Å². The summed E-state index contributed by atoms with van der Waals surface area (Å²) in [4.78, 5) is 34.6. The van der Waals surface area contributed by atoms with Gasteiger partial charge in [-0.3, -0.25) is 0 Å². The Morgan fingerprint density at radius 1 is 0.408 bits per heavy atom. The van der Waals surface area contributed by atoms with E-state index >= 15 is 0 Å². The van der Waals surface area contributed by atoms with Crippen LogP contribution in [0.4, 0.5) is 69.4 Å². The van der Waals surface area contributed by atoms with Crippen molar-refractivity contribution >= 4 is 99.5 Å². The summed E-state index contributed by atoms with van der Waals surface area (Å²) >= 11 is 0. The first-order chi connectivity index (χ1) is 47.1. The average Bonchev–Trinajstić information content (AvgIpc) is 1.17. The van der Waals surface area contributed by atoms with Gasteiger partial charge in [-0.1, -0.05) is 80.8 Å². The summed E-state index contributed by atoms with van der Waals surface area (Å²) < 4.78 is 82.7. The van der Waals surface area contributed by atoms with Crippen molar-refractivity contribution in [2.75, 3.05) is 69.9 Å². The molecule has 0 radical (unpaired) electrons. The Balaban J connectivity index is 0.000000149. The molecule has 1 saturated carbocycles. The van der Waals surface area contributed by atoms with Gasteiger partial charge >= 0.3 is 0 Å². The van der Waals surface area contributed by atoms with E-state index in [1.54, 1.807) is 91.4 Å². The molecule has 0 spiro atoms. The van der Waals surface area contributed by atoms with E-state index in [1.165, 1.54) is 50.4 Å². The van der Waals surface area contributed by atoms with E-state index < -0.39 is 30.1 Å². The Morgan fingerprint density at radius 2 is 0.714 bits per heavy atom. The third-order valence-electron chi connectivity index (χ3n) is 17.4. The highest BCUT2D eigenvalue weighted by molar-refractivity contribution is 7.90. The summed E-state index contributed by atoms with van der Waals surface area (Å²) in [5, 5.41) is 9.57. The van der Waals surface area contributed by atoms with E-state index in [-0.39, 0.29) is 14.7 Å². The van der Waals surface area contributed by atoms with Gasteiger partial charge in [-0.15, -0.1) is 0 Å². The van der Waals surface area contributed by atoms with Crippen molar-refractivity contribution < 1.29 is 25.3 Å². The molecule has 6 aromatic carbocycles. The molecule has 0 bridgehead atoms. The zero-order chi connectivity index (χ0) is 69.0. The van der Waals surface area contributed by atoms with Crippen LogP contribution in [0.3, 0.4) is 0 Å². The first-order valence-corrected chi connectivity index (χ1v) is 38.3. The molecule has 1 fully saturated rings. The standard InChI is InChI=1S/2C25H31N5O2S.C24H27N5O2S/c2*1-18(2)12-15-27-33(31,32)22-9-7-21(8-10-22)28-25-26-14-13-24(29-25)30-16-4-5-20-17-19(3)6-11-23(20)30;1-17-4-11-22-19(15-17)3-2-14-29(22)23-12-13-25-24(28-23)27-20-7-9-21(10-8-20)32(30,31)26-16-18-5-6-18/h2*6-11,13-14,17-18,27H,4-5,12,15-16H2,1-3H3,(H,26,28,29);4,7-13,15,18,26H,2-3,5-6,14,16H2,1H3,(H,25,27,28). The molecule has 0 saturated heterocycles. The molecule has 21 nitrogen and oxygen atoms in total. The second-order valence-electron chi connectivity index (χ2n) is 26.3. The van der Waals surface area contributed by atoms with E-state index in [9.17, 15) is 25.3 Å². The van der Waals surface area contributed by atoms with Crippen molar-refractivity contribution in [2.45, 2.75) is 127 Å². The van der Waals surface area contributed by atoms with Crippen LogP contribution in [0.5, 0.6) is 0 Å². The van der Waals surface area contributed by atoms with Gasteiger partial charge in [0.15, 0.2) is 0 Å². The molecule has 6 N–H and O–H groups in total. The number of anilines is 12. The van der Waals surface area contributed by atoms with Crippen molar-refractivity contribution in [1.82, 2.24) is 44.1 Å². The second-order valence-corrected chi connectivity index (χ2v) is 31.6. The molecule has 0 atom stereocenters. The van der Waals surface area contributed by atoms with E-state index in [2.05, 4.69) is 163 Å². The number of aryl methyl sites for hydroxylation is 6. The van der Waals surface area contributed by atoms with E-state index in [4.69, 9.17) is 15.0 Å². The van der Waals surface area contributed by atoms with Crippen molar-refractivity contribution in [3.8, 4) is 0 Å². The third-order valence-corrected chi connectivity index (χ3v) is 21.8. The van der Waals surface area contributed by atoms with E-state index in [0.29, 0.717) is 55.2 Å². The van der Waals surface area contributed by atoms with Crippen LogP contribution in [0.25, 0.3) is 0 Å². The van der Waals surface area contributed by atoms with Crippen LogP contribution in [0.2, 0.25) is 0 Å². The molecular weight excluding hydrogens is 1290 g/mol. The lowest BCUT2D eigenvalue weighted by atomic mass is 9.99. The van der Waals surface area contributed by atoms with Gasteiger partial charge in [0.1, 0.15) is 17.5 Å². The van der Waals surface area contributed by atoms with Gasteiger partial charge in [-0.2, -0.15) is 15.0 Å². The summed E-state index contributed by atoms with van der Waals surface area (Å²) in [7, 11) is -10.5. The topological polar surface area (TPSA) is 262 Å². The molecule has 0 unspecified atom stereocenters. The SMILES string of the molecule is Cc1ccc2c(c1)CCCN2c1ccnc(Nc2ccc(S(=O)(=O)NCC3CC3)cc2)n1.Cc1ccc2c(c1)CCCN2c1ccnc(Nc2ccc(S(=O)(=O)NCCC(C)C)cc2)n1.Cc1ccc2c(c1)CCCN2c1ccnc(Nc2ccc(S(=O)(=O)NCCC(C)C)cc2)n1. The Bertz CT molecular complexity index is 4370. The molecule has 4 aliphatic rings. The van der Waals surface area contributed by atoms with Crippen LogP contribution in [0.15, 0.2) is 179 Å². The predicted octanol–water partition coefficient (Wildman–Crippen LogP) is 14.2. The number of hydrogen-bond acceptors (Lipinski definition) is 18. The number of rotatable bonds is 23. The molecule has 3 aromatic heterocycles. The van der Waals surface area contributed by atoms with Gasteiger partial charge in [0.05, 0.1) is 14.7 Å². The molecular formula is C74H89N15O6S3. The molecule has 9 aromatic rings. The first-order valence-electron chi connectivity index (χ1n) is 33.8. The van der Waals surface area contributed by atoms with Crippen molar-refractivity contribution in [2.24, 2.45) is 17.8 Å². The minimum absolute atomic E-state index is 0.242. The molecule has 13 rings (SSSR count). The van der Waals surface area contributed by atoms with Crippen LogP contribution in [-0.4, -0.2) is 94.4 Å². The van der Waals surface area contributed by atoms with Crippen LogP contribution in [-0.2, 0) is 49.3 Å². The highest BCUT2D eigenvalue weighted by Gasteiger charge is 2.26. The number of nitrogens with one attached hydrogen (secondary N) is 6. The monoisotopic (exact) mass is 1380 g/mol. The first kappa shape index (κ1) is 70.4. The average molecular weight is 1380 g/mol. The lowest BCUT2D eigenvalue weighted by Gasteiger charge is -2.30. The molecule has 0 amide bonds. The Hall–Kier alpha value is -8.91. The molecule has 514 valence electrons. The lowest BCUT2D eigenvalue weighted by molar-refractivity contribution is 0.550. The summed E-state index contributed by atoms with van der Waals surface area (Å²) in [6.07, 6.45) is 15.5. The van der Waals surface area contributed by atoms with Crippen LogP contribution in [0.1, 0.15) is 106 Å². The van der Waals surface area contributed by atoms with Gasteiger partial charge in [-0.25, -0.2) is 54.4 Å². The molecule has 6 heterocycles. The maximum Gasteiger partial charge on any atom is 0.240 e. The number of benzene rings is 6. The Labute approximate surface area is 578 Å². The number of hydrogen-bond donors (Lipinski definition) is 6. The normalized spacial score (nSPS) is 14.5. The minimum atomic E-state index is -3.51. The van der Waals surface area contributed by atoms with Gasteiger partial charge in [0, 0.05) is 92.0 Å². The highest BCUT2D eigenvalue weighted by Crippen LogP contribution is 2.37. The maximum absolute atomic E-state index is 12.5. The molecule has 98 heavy (non-hydrogen) atoms. The van der Waals surface area contributed by atoms with Gasteiger partial charge in [0.2, 0.25) is 47.9 Å². The summed E-state index contributed by atoms with van der Waals surface area (Å²) in [5.41, 5.74) is 13.6. The molecule has 24 heteroatoms. The lowest BCUT2D eigenvalue weighted by Crippen LogP contribution is -2.25.